The smallest absolute Gasteiger partial charge is 0.204 e. The minimum Gasteiger partial charge on any atom is -0.490 e. The minimum atomic E-state index is 0.403. The number of methoxy groups -OCH3 is 1. The van der Waals surface area contributed by atoms with E-state index in [2.05, 4.69) is 50.1 Å². The molecule has 6 heteroatoms. The van der Waals surface area contributed by atoms with Crippen molar-refractivity contribution in [2.24, 2.45) is 5.92 Å². The summed E-state index contributed by atoms with van der Waals surface area (Å²) >= 11 is 0. The monoisotopic (exact) mass is 325 g/mol. The number of aromatic nitrogens is 2. The molecule has 0 spiro atoms. The zero-order valence-electron chi connectivity index (χ0n) is 13.9. The zero-order valence-corrected chi connectivity index (χ0v) is 13.9. The van der Waals surface area contributed by atoms with Crippen LogP contribution in [0.25, 0.3) is 0 Å². The fourth-order valence-corrected chi connectivity index (χ4v) is 4.03. The van der Waals surface area contributed by atoms with Crippen LogP contribution in [-0.4, -0.2) is 47.7 Å². The molecule has 0 bridgehead atoms. The molecule has 2 aliphatic heterocycles. The van der Waals surface area contributed by atoms with Crippen LogP contribution in [0.5, 0.6) is 5.75 Å². The number of nitrogen functional groups attached to an aromatic ring is 1. The van der Waals surface area contributed by atoms with Crippen molar-refractivity contribution in [2.45, 2.75) is 19.0 Å². The van der Waals surface area contributed by atoms with Crippen LogP contribution in [0, 0.1) is 5.92 Å². The summed E-state index contributed by atoms with van der Waals surface area (Å²) in [6.45, 7) is 4.15. The van der Waals surface area contributed by atoms with E-state index >= 15 is 0 Å². The Morgan fingerprint density at radius 3 is 2.83 bits per heavy atom. The van der Waals surface area contributed by atoms with Gasteiger partial charge in [-0.3, -0.25) is 4.90 Å². The van der Waals surface area contributed by atoms with Gasteiger partial charge in [0.1, 0.15) is 6.33 Å². The van der Waals surface area contributed by atoms with Gasteiger partial charge in [-0.2, -0.15) is 0 Å². The van der Waals surface area contributed by atoms with E-state index in [1.807, 2.05) is 0 Å². The Balaban J connectivity index is 1.51. The van der Waals surface area contributed by atoms with Crippen LogP contribution >= 0.6 is 0 Å². The summed E-state index contributed by atoms with van der Waals surface area (Å²) in [4.78, 5) is 13.3. The van der Waals surface area contributed by atoms with Crippen LogP contribution in [-0.2, 0) is 6.54 Å². The summed E-state index contributed by atoms with van der Waals surface area (Å²) in [7, 11) is 1.62. The summed E-state index contributed by atoms with van der Waals surface area (Å²) in [5, 5.41) is 0. The quantitative estimate of drug-likeness (QED) is 0.924. The molecule has 0 saturated carbocycles. The van der Waals surface area contributed by atoms with Gasteiger partial charge in [-0.1, -0.05) is 30.3 Å². The normalized spacial score (nSPS) is 23.5. The highest BCUT2D eigenvalue weighted by Crippen LogP contribution is 2.38. The average molecular weight is 325 g/mol. The Hall–Kier alpha value is -2.34. The Kier molecular flexibility index (Phi) is 3.98. The number of ether oxygens (including phenoxy) is 1. The lowest BCUT2D eigenvalue weighted by Gasteiger charge is -2.25. The predicted octanol–water partition coefficient (Wildman–Crippen LogP) is 1.78. The third kappa shape index (κ3) is 2.67. The lowest BCUT2D eigenvalue weighted by molar-refractivity contribution is 0.245. The van der Waals surface area contributed by atoms with Gasteiger partial charge in [0.15, 0.2) is 11.6 Å². The van der Waals surface area contributed by atoms with E-state index in [0.717, 1.165) is 25.5 Å². The van der Waals surface area contributed by atoms with Crippen LogP contribution in [0.2, 0.25) is 0 Å². The van der Waals surface area contributed by atoms with E-state index < -0.39 is 0 Å². The van der Waals surface area contributed by atoms with Crippen molar-refractivity contribution in [3.8, 4) is 5.75 Å². The number of nitrogens with two attached hydrogens (primary N) is 1. The van der Waals surface area contributed by atoms with E-state index in [9.17, 15) is 0 Å². The number of anilines is 2. The average Bonchev–Trinajstić information content (AvgIpc) is 3.17. The molecule has 2 N–H and O–H groups in total. The number of hydrogen-bond acceptors (Lipinski definition) is 6. The standard InChI is InChI=1S/C18H23N5O/c1-24-16-17(19)20-12-21-18(16)23-10-14-7-8-22(15(14)11-23)9-13-5-3-2-4-6-13/h2-6,12,14-15H,7-11H2,1H3,(H2,19,20,21)/t14-,15+/m0/s1. The van der Waals surface area contributed by atoms with E-state index in [4.69, 9.17) is 10.5 Å². The molecule has 2 aliphatic rings. The number of likely N-dealkylation sites (tertiary alicyclic amines) is 1. The highest BCUT2D eigenvalue weighted by Gasteiger charge is 2.42. The van der Waals surface area contributed by atoms with E-state index in [-0.39, 0.29) is 0 Å². The van der Waals surface area contributed by atoms with Gasteiger partial charge in [-0.05, 0) is 24.4 Å². The second-order valence-electron chi connectivity index (χ2n) is 6.59. The van der Waals surface area contributed by atoms with Crippen LogP contribution in [0.4, 0.5) is 11.6 Å². The molecular formula is C18H23N5O. The first-order valence-corrected chi connectivity index (χ1v) is 8.43. The molecule has 126 valence electrons. The second-order valence-corrected chi connectivity index (χ2v) is 6.59. The first-order chi connectivity index (χ1) is 11.8. The van der Waals surface area contributed by atoms with Crippen molar-refractivity contribution in [1.29, 1.82) is 0 Å². The first-order valence-electron chi connectivity index (χ1n) is 8.43. The molecular weight excluding hydrogens is 302 g/mol. The molecule has 0 radical (unpaired) electrons. The Morgan fingerprint density at radius 2 is 2.04 bits per heavy atom. The van der Waals surface area contributed by atoms with Gasteiger partial charge in [0, 0.05) is 25.7 Å². The van der Waals surface area contributed by atoms with E-state index in [0.29, 0.717) is 23.5 Å². The van der Waals surface area contributed by atoms with Crippen LogP contribution in [0.3, 0.4) is 0 Å². The second kappa shape index (κ2) is 6.28. The molecule has 2 fully saturated rings. The zero-order chi connectivity index (χ0) is 16.5. The lowest BCUT2D eigenvalue weighted by atomic mass is 10.0. The van der Waals surface area contributed by atoms with Crippen molar-refractivity contribution in [1.82, 2.24) is 14.9 Å². The molecule has 2 atom stereocenters. The summed E-state index contributed by atoms with van der Waals surface area (Å²) in [6.07, 6.45) is 2.75. The third-order valence-corrected chi connectivity index (χ3v) is 5.21. The molecule has 24 heavy (non-hydrogen) atoms. The fraction of sp³-hybridized carbons (Fsp3) is 0.444. The van der Waals surface area contributed by atoms with Crippen molar-refractivity contribution in [3.05, 3.63) is 42.2 Å². The summed E-state index contributed by atoms with van der Waals surface area (Å²) in [5.74, 6) is 2.49. The maximum Gasteiger partial charge on any atom is 0.204 e. The maximum atomic E-state index is 5.93. The number of hydrogen-bond donors (Lipinski definition) is 1. The molecule has 2 saturated heterocycles. The van der Waals surface area contributed by atoms with Crippen molar-refractivity contribution in [3.63, 3.8) is 0 Å². The fourth-order valence-electron chi connectivity index (χ4n) is 4.03. The summed E-state index contributed by atoms with van der Waals surface area (Å²) in [6, 6.07) is 11.3. The maximum absolute atomic E-state index is 5.93. The van der Waals surface area contributed by atoms with Crippen molar-refractivity contribution in [2.75, 3.05) is 37.4 Å². The van der Waals surface area contributed by atoms with Crippen molar-refractivity contribution >= 4 is 11.6 Å². The number of benzene rings is 1. The largest absolute Gasteiger partial charge is 0.490 e. The molecule has 4 rings (SSSR count). The number of nitrogens with zero attached hydrogens (tertiary/aromatic N) is 4. The highest BCUT2D eigenvalue weighted by atomic mass is 16.5. The third-order valence-electron chi connectivity index (χ3n) is 5.21. The molecule has 2 aromatic rings. The molecule has 0 amide bonds. The predicted molar refractivity (Wildman–Crippen MR) is 94.0 cm³/mol. The topological polar surface area (TPSA) is 67.5 Å². The molecule has 3 heterocycles. The van der Waals surface area contributed by atoms with Crippen LogP contribution in [0.1, 0.15) is 12.0 Å². The highest BCUT2D eigenvalue weighted by molar-refractivity contribution is 5.63. The SMILES string of the molecule is COc1c(N)ncnc1N1C[C@@H]2CCN(Cc3ccccc3)[C@@H]2C1. The van der Waals surface area contributed by atoms with Gasteiger partial charge in [-0.15, -0.1) is 0 Å². The van der Waals surface area contributed by atoms with Crippen molar-refractivity contribution < 1.29 is 4.74 Å². The Morgan fingerprint density at radius 1 is 1.21 bits per heavy atom. The van der Waals surface area contributed by atoms with Gasteiger partial charge < -0.3 is 15.4 Å². The summed E-state index contributed by atoms with van der Waals surface area (Å²) < 4.78 is 5.43. The Labute approximate surface area is 142 Å². The van der Waals surface area contributed by atoms with Gasteiger partial charge in [-0.25, -0.2) is 9.97 Å². The minimum absolute atomic E-state index is 0.403. The van der Waals surface area contributed by atoms with Crippen LogP contribution < -0.4 is 15.4 Å². The van der Waals surface area contributed by atoms with Gasteiger partial charge >= 0.3 is 0 Å². The van der Waals surface area contributed by atoms with Gasteiger partial charge in [0.05, 0.1) is 7.11 Å². The molecule has 0 aliphatic carbocycles. The molecule has 0 unspecified atom stereocenters. The van der Waals surface area contributed by atoms with E-state index in [1.165, 1.54) is 24.9 Å². The number of fused-ring (bicyclic) bond motifs is 1. The molecule has 6 nitrogen and oxygen atoms in total. The molecule has 1 aromatic carbocycles. The first kappa shape index (κ1) is 15.2. The van der Waals surface area contributed by atoms with E-state index in [1.54, 1.807) is 7.11 Å². The Bertz CT molecular complexity index is 708. The lowest BCUT2D eigenvalue weighted by Crippen LogP contribution is -2.35. The van der Waals surface area contributed by atoms with Crippen LogP contribution in [0.15, 0.2) is 36.7 Å². The molecule has 1 aromatic heterocycles. The number of rotatable bonds is 4. The van der Waals surface area contributed by atoms with Gasteiger partial charge in [0.25, 0.3) is 0 Å². The summed E-state index contributed by atoms with van der Waals surface area (Å²) in [5.41, 5.74) is 7.31. The van der Waals surface area contributed by atoms with Gasteiger partial charge in [0.2, 0.25) is 5.75 Å².